The van der Waals surface area contributed by atoms with Crippen LogP contribution in [-0.4, -0.2) is 43.8 Å². The van der Waals surface area contributed by atoms with Crippen LogP contribution in [0.25, 0.3) is 0 Å². The molecule has 3 aliphatic rings. The maximum atomic E-state index is 2.53. The van der Waals surface area contributed by atoms with Crippen molar-refractivity contribution in [3.8, 4) is 0 Å². The molecule has 0 N–H and O–H groups in total. The summed E-state index contributed by atoms with van der Waals surface area (Å²) in [4.78, 5) is 0. The van der Waals surface area contributed by atoms with E-state index in [1.807, 2.05) is 0 Å². The zero-order valence-corrected chi connectivity index (χ0v) is 12.6. The van der Waals surface area contributed by atoms with Crippen LogP contribution in [0.2, 0.25) is 0 Å². The van der Waals surface area contributed by atoms with Crippen LogP contribution in [0.3, 0.4) is 0 Å². The minimum absolute atomic E-state index is 0.220. The molecule has 4 nitrogen and oxygen atoms in total. The Bertz CT molecular complexity index is 761. The van der Waals surface area contributed by atoms with Crippen LogP contribution in [0.15, 0.2) is 24.3 Å². The van der Waals surface area contributed by atoms with Gasteiger partial charge in [-0.05, 0) is 38.1 Å². The summed E-state index contributed by atoms with van der Waals surface area (Å²) in [5.41, 5.74) is 5.28. The van der Waals surface area contributed by atoms with Gasteiger partial charge in [0.1, 0.15) is 11.4 Å². The lowest BCUT2D eigenvalue weighted by atomic mass is 10.3. The highest BCUT2D eigenvalue weighted by Gasteiger charge is 2.65. The molecule has 0 amide bonds. The van der Waals surface area contributed by atoms with E-state index in [9.17, 15) is 0 Å². The minimum atomic E-state index is -0.220. The Balaban J connectivity index is 1.93. The van der Waals surface area contributed by atoms with Crippen molar-refractivity contribution >= 4 is 12.4 Å². The van der Waals surface area contributed by atoms with Crippen molar-refractivity contribution in [3.63, 3.8) is 0 Å². The van der Waals surface area contributed by atoms with E-state index in [2.05, 4.69) is 68.8 Å². The third-order valence-electron chi connectivity index (χ3n) is 5.21. The van der Waals surface area contributed by atoms with Gasteiger partial charge in [0.05, 0.1) is 0 Å². The molecule has 0 aromatic carbocycles. The summed E-state index contributed by atoms with van der Waals surface area (Å²) < 4.78 is 10.1. The van der Waals surface area contributed by atoms with E-state index in [0.29, 0.717) is 0 Å². The maximum absolute atomic E-state index is 2.53. The van der Waals surface area contributed by atoms with Gasteiger partial charge in [-0.25, -0.2) is 0 Å². The zero-order valence-electron chi connectivity index (χ0n) is 12.6. The SMILES string of the molecule is Cc1ccc2n1C13n4c(C)ccc4C=[N+]1CCCC[N+]3=C2. The van der Waals surface area contributed by atoms with Crippen LogP contribution < -0.4 is 0 Å². The molecule has 4 heteroatoms. The molecule has 2 aromatic rings. The van der Waals surface area contributed by atoms with E-state index in [1.54, 1.807) is 0 Å². The summed E-state index contributed by atoms with van der Waals surface area (Å²) in [6.45, 7) is 6.66. The molecule has 1 fully saturated rings. The lowest BCUT2D eigenvalue weighted by molar-refractivity contribution is -0.853. The molecule has 2 aromatic heterocycles. The molecule has 0 atom stereocenters. The lowest BCUT2D eigenvalue weighted by Crippen LogP contribution is -2.54. The van der Waals surface area contributed by atoms with Crippen molar-refractivity contribution in [2.24, 2.45) is 0 Å². The number of nitrogens with zero attached hydrogens (tertiary/aromatic N) is 4. The highest BCUT2D eigenvalue weighted by molar-refractivity contribution is 5.78. The van der Waals surface area contributed by atoms with E-state index < -0.39 is 0 Å². The lowest BCUT2D eigenvalue weighted by Gasteiger charge is -2.24. The molecular weight excluding hydrogens is 260 g/mol. The van der Waals surface area contributed by atoms with Crippen LogP contribution in [0.4, 0.5) is 0 Å². The fraction of sp³-hybridized carbons (Fsp3) is 0.412. The summed E-state index contributed by atoms with van der Waals surface area (Å²) in [5, 5.41) is 0. The zero-order chi connectivity index (χ0) is 14.2. The van der Waals surface area contributed by atoms with Gasteiger partial charge >= 0.3 is 5.91 Å². The number of aryl methyl sites for hydroxylation is 2. The molecule has 3 aliphatic heterocycles. The van der Waals surface area contributed by atoms with Gasteiger partial charge in [0.15, 0.2) is 25.5 Å². The van der Waals surface area contributed by atoms with Crippen molar-refractivity contribution in [1.29, 1.82) is 0 Å². The fourth-order valence-electron chi connectivity index (χ4n) is 4.40. The maximum Gasteiger partial charge on any atom is 0.541 e. The standard InChI is InChI=1S/C17H20N4/c1-13-5-7-15-11-18-9-3-4-10-19-12-16-8-6-14(2)21(16)17(18,19)20(13)15/h5-8,11-12H,3-4,9-10H2,1-2H3/q+2. The van der Waals surface area contributed by atoms with Crippen molar-refractivity contribution in [2.75, 3.05) is 13.1 Å². The smallest absolute Gasteiger partial charge is 0.199 e. The summed E-state index contributed by atoms with van der Waals surface area (Å²) >= 11 is 0. The summed E-state index contributed by atoms with van der Waals surface area (Å²) in [6.07, 6.45) is 7.19. The van der Waals surface area contributed by atoms with Gasteiger partial charge < -0.3 is 0 Å². The molecule has 0 aliphatic carbocycles. The summed E-state index contributed by atoms with van der Waals surface area (Å²) in [6, 6.07) is 8.96. The average molecular weight is 280 g/mol. The average Bonchev–Trinajstić information content (AvgIpc) is 3.14. The van der Waals surface area contributed by atoms with E-state index in [1.165, 1.54) is 35.6 Å². The number of aromatic nitrogens is 2. The van der Waals surface area contributed by atoms with E-state index in [0.717, 1.165) is 13.1 Å². The van der Waals surface area contributed by atoms with Gasteiger partial charge in [-0.1, -0.05) is 0 Å². The molecule has 106 valence electrons. The number of fused-ring (bicyclic) bond motifs is 2. The Labute approximate surface area is 124 Å². The molecule has 0 saturated carbocycles. The second kappa shape index (κ2) is 3.56. The Morgan fingerprint density at radius 3 is 1.76 bits per heavy atom. The summed E-state index contributed by atoms with van der Waals surface area (Å²) in [7, 11) is 0. The normalized spacial score (nSPS) is 21.0. The van der Waals surface area contributed by atoms with E-state index in [-0.39, 0.29) is 5.91 Å². The molecule has 5 rings (SSSR count). The van der Waals surface area contributed by atoms with Crippen LogP contribution in [0.5, 0.6) is 0 Å². The monoisotopic (exact) mass is 280 g/mol. The van der Waals surface area contributed by atoms with Crippen molar-refractivity contribution in [1.82, 2.24) is 9.13 Å². The van der Waals surface area contributed by atoms with E-state index >= 15 is 0 Å². The molecule has 1 spiro atoms. The third kappa shape index (κ3) is 1.14. The number of hydrogen-bond donors (Lipinski definition) is 0. The molecule has 5 heterocycles. The van der Waals surface area contributed by atoms with Crippen molar-refractivity contribution in [2.45, 2.75) is 32.6 Å². The first kappa shape index (κ1) is 11.5. The van der Waals surface area contributed by atoms with Crippen LogP contribution in [-0.2, 0) is 5.91 Å². The highest BCUT2D eigenvalue weighted by Crippen LogP contribution is 2.38. The van der Waals surface area contributed by atoms with Crippen LogP contribution >= 0.6 is 0 Å². The number of rotatable bonds is 0. The molecule has 0 bridgehead atoms. The predicted octanol–water partition coefficient (Wildman–Crippen LogP) is 1.71. The largest absolute Gasteiger partial charge is 0.541 e. The molecular formula is C17H20N4+2. The first-order valence-electron chi connectivity index (χ1n) is 7.84. The Morgan fingerprint density at radius 1 is 0.810 bits per heavy atom. The Morgan fingerprint density at radius 2 is 1.29 bits per heavy atom. The topological polar surface area (TPSA) is 15.9 Å². The van der Waals surface area contributed by atoms with Gasteiger partial charge in [0, 0.05) is 24.2 Å². The van der Waals surface area contributed by atoms with Gasteiger partial charge in [-0.15, -0.1) is 9.15 Å². The molecule has 0 radical (unpaired) electrons. The van der Waals surface area contributed by atoms with Crippen molar-refractivity contribution in [3.05, 3.63) is 47.0 Å². The van der Waals surface area contributed by atoms with E-state index in [4.69, 9.17) is 0 Å². The highest BCUT2D eigenvalue weighted by atomic mass is 15.6. The number of hydrogen-bond acceptors (Lipinski definition) is 0. The fourth-order valence-corrected chi connectivity index (χ4v) is 4.40. The minimum Gasteiger partial charge on any atom is -0.199 e. The van der Waals surface area contributed by atoms with Crippen LogP contribution in [0.1, 0.15) is 35.6 Å². The van der Waals surface area contributed by atoms with Gasteiger partial charge in [0.25, 0.3) is 0 Å². The third-order valence-corrected chi connectivity index (χ3v) is 5.21. The molecule has 21 heavy (non-hydrogen) atoms. The second-order valence-electron chi connectivity index (χ2n) is 6.42. The first-order valence-corrected chi connectivity index (χ1v) is 7.84. The second-order valence-corrected chi connectivity index (χ2v) is 6.42. The van der Waals surface area contributed by atoms with Gasteiger partial charge in [-0.3, -0.25) is 0 Å². The first-order chi connectivity index (χ1) is 10.2. The Kier molecular flexibility index (Phi) is 1.96. The quantitative estimate of drug-likeness (QED) is 0.653. The predicted molar refractivity (Wildman–Crippen MR) is 81.5 cm³/mol. The summed E-state index contributed by atoms with van der Waals surface area (Å²) in [5.74, 6) is -0.220. The molecule has 1 saturated heterocycles. The van der Waals surface area contributed by atoms with Gasteiger partial charge in [0.2, 0.25) is 0 Å². The Hall–Kier alpha value is -2.10. The van der Waals surface area contributed by atoms with Crippen molar-refractivity contribution < 1.29 is 9.15 Å². The van der Waals surface area contributed by atoms with Gasteiger partial charge in [-0.2, -0.15) is 9.13 Å². The van der Waals surface area contributed by atoms with Crippen LogP contribution in [0, 0.1) is 13.8 Å². The molecule has 0 unspecified atom stereocenters.